The van der Waals surface area contributed by atoms with E-state index in [1.165, 1.54) is 218 Å². The van der Waals surface area contributed by atoms with Gasteiger partial charge in [0.1, 0.15) is 34.5 Å². The standard InChI is InChI=1S/C84H60N12O18/c97-73-49-19-51-33-68(92-86-62-14-2-8-44(26-62)80(105)106)35-53(74(51)98)21-55-37-70(94-88-64-16-4-10-46(28-64)82(109)110)39-57(76(55)100)23-59-41-72(96-90-66-18-6-12-48(30-66)84(113)114)42-60(78(59)102)24-58-40-71(95-89-65-17-5-11-47(29-65)83(111)112)38-56(77(58)101)22-54-36-69(93-87-63-15-3-9-45(27-63)81(107)108)34-52(75(54)99)20-50(73)32-67(31-49)91-85-61-13-1-7-43(25-61)79(103)104/h1-18,25-42,97-102H,19-24H2,(H,103,104)(H,105,106)(H,107,108)(H,109,110)(H,111,112)(H,113,114). The Bertz CT molecular complexity index is 5060. The molecule has 12 bridgehead atoms. The van der Waals surface area contributed by atoms with Crippen LogP contribution < -0.4 is 0 Å². The molecule has 0 aromatic heterocycles. The summed E-state index contributed by atoms with van der Waals surface area (Å²) in [5, 5.41) is 189. The second-order valence-electron chi connectivity index (χ2n) is 26.1. The van der Waals surface area contributed by atoms with Crippen LogP contribution in [0, 0.1) is 0 Å². The van der Waals surface area contributed by atoms with Crippen LogP contribution in [0.15, 0.2) is 280 Å². The van der Waals surface area contributed by atoms with E-state index in [0.717, 1.165) is 0 Å². The lowest BCUT2D eigenvalue weighted by molar-refractivity contribution is 0.0686. The maximum absolute atomic E-state index is 12.8. The van der Waals surface area contributed by atoms with Gasteiger partial charge in [0.05, 0.1) is 102 Å². The molecule has 114 heavy (non-hydrogen) atoms. The summed E-state index contributed by atoms with van der Waals surface area (Å²) in [6.07, 6.45) is -2.36. The molecule has 0 radical (unpaired) electrons. The van der Waals surface area contributed by atoms with Gasteiger partial charge in [-0.1, -0.05) is 36.4 Å². The predicted octanol–water partition coefficient (Wildman–Crippen LogP) is 20.5. The van der Waals surface area contributed by atoms with E-state index in [9.17, 15) is 90.0 Å². The van der Waals surface area contributed by atoms with Gasteiger partial charge in [-0.3, -0.25) is 0 Å². The molecule has 0 aliphatic heterocycles. The lowest BCUT2D eigenvalue weighted by Gasteiger charge is -2.18. The number of carbonyl (C=O) groups is 6. The Labute approximate surface area is 644 Å². The minimum absolute atomic E-state index is 0.0375. The van der Waals surface area contributed by atoms with Crippen molar-refractivity contribution in [2.24, 2.45) is 61.4 Å². The molecule has 13 rings (SSSR count). The highest BCUT2D eigenvalue weighted by Gasteiger charge is 2.25. The molecule has 0 atom stereocenters. The van der Waals surface area contributed by atoms with Crippen LogP contribution in [0.25, 0.3) is 0 Å². The first-order chi connectivity index (χ1) is 54.8. The number of nitrogens with zero attached hydrogens (tertiary/aromatic N) is 12. The van der Waals surface area contributed by atoms with Crippen molar-refractivity contribution >= 4 is 104 Å². The molecular formula is C84H60N12O18. The maximum Gasteiger partial charge on any atom is 0.335 e. The lowest BCUT2D eigenvalue weighted by Crippen LogP contribution is -2.01. The number of aromatic hydroxyl groups is 6. The second kappa shape index (κ2) is 33.1. The summed E-state index contributed by atoms with van der Waals surface area (Å²) < 4.78 is 0. The molecular weight excluding hydrogens is 1460 g/mol. The first-order valence-corrected chi connectivity index (χ1v) is 34.4. The summed E-state index contributed by atoms with van der Waals surface area (Å²) in [6, 6.07) is 50.6. The van der Waals surface area contributed by atoms with Crippen LogP contribution in [-0.2, 0) is 38.5 Å². The molecule has 564 valence electrons. The third kappa shape index (κ3) is 18.2. The van der Waals surface area contributed by atoms with E-state index in [1.54, 1.807) is 0 Å². The van der Waals surface area contributed by atoms with E-state index in [0.29, 0.717) is 0 Å². The fourth-order valence-electron chi connectivity index (χ4n) is 12.5. The molecule has 0 saturated heterocycles. The van der Waals surface area contributed by atoms with Gasteiger partial charge in [0, 0.05) is 105 Å². The Morgan fingerprint density at radius 1 is 0.175 bits per heavy atom. The number of phenols is 6. The highest BCUT2D eigenvalue weighted by Crippen LogP contribution is 2.45. The number of azo groups is 6. The van der Waals surface area contributed by atoms with Crippen molar-refractivity contribution < 1.29 is 90.0 Å². The van der Waals surface area contributed by atoms with Gasteiger partial charge in [0.25, 0.3) is 0 Å². The maximum atomic E-state index is 12.8. The molecule has 30 heteroatoms. The van der Waals surface area contributed by atoms with Crippen molar-refractivity contribution in [3.05, 3.63) is 319 Å². The minimum Gasteiger partial charge on any atom is -0.507 e. The average Bonchev–Trinajstić information content (AvgIpc) is 0.788. The zero-order valence-corrected chi connectivity index (χ0v) is 59.2. The first kappa shape index (κ1) is 76.1. The molecule has 12 N–H and O–H groups in total. The fourth-order valence-corrected chi connectivity index (χ4v) is 12.5. The molecule has 0 amide bonds. The van der Waals surface area contributed by atoms with Crippen LogP contribution in [0.1, 0.15) is 129 Å². The van der Waals surface area contributed by atoms with Crippen molar-refractivity contribution in [3.63, 3.8) is 0 Å². The van der Waals surface area contributed by atoms with Crippen molar-refractivity contribution in [1.29, 1.82) is 0 Å². The number of carboxylic acids is 6. The normalized spacial score (nSPS) is 12.4. The van der Waals surface area contributed by atoms with Crippen LogP contribution in [0.2, 0.25) is 0 Å². The van der Waals surface area contributed by atoms with Crippen molar-refractivity contribution in [1.82, 2.24) is 0 Å². The van der Waals surface area contributed by atoms with Crippen LogP contribution in [0.4, 0.5) is 68.2 Å². The molecule has 0 heterocycles. The predicted molar refractivity (Wildman–Crippen MR) is 411 cm³/mol. The minimum atomic E-state index is -1.25. The van der Waals surface area contributed by atoms with Gasteiger partial charge in [-0.05, 0) is 182 Å². The monoisotopic (exact) mass is 1520 g/mol. The molecule has 0 unspecified atom stereocenters. The molecule has 0 saturated carbocycles. The highest BCUT2D eigenvalue weighted by atomic mass is 16.4. The third-order valence-corrected chi connectivity index (χ3v) is 18.0. The van der Waals surface area contributed by atoms with Crippen molar-refractivity contribution in [2.75, 3.05) is 0 Å². The molecule has 0 fully saturated rings. The third-order valence-electron chi connectivity index (χ3n) is 18.0. The lowest BCUT2D eigenvalue weighted by atomic mass is 9.90. The van der Waals surface area contributed by atoms with Gasteiger partial charge in [-0.25, -0.2) is 28.8 Å². The molecule has 1 aliphatic rings. The quantitative estimate of drug-likeness (QED) is 0.0355. The van der Waals surface area contributed by atoms with Gasteiger partial charge in [0.2, 0.25) is 0 Å². The first-order valence-electron chi connectivity index (χ1n) is 34.4. The Morgan fingerprint density at radius 2 is 0.289 bits per heavy atom. The SMILES string of the molecule is O=C(O)c1cccc(N=Nc2cc3c(O)c(c2)Cc2cc(N=Nc4cccc(C(=O)O)c4)cc(c2O)Cc2cc(N=Nc4cccc(C(=O)O)c4)cc(c2O)Cc2cc(N=Nc4cccc(C(=O)O)c4)cc(c2O)Cc2cc(N=Nc4cccc(C(=O)O)c4)cc(c2O)Cc2cc(N=Nc4cccc(C(=O)O)c4)cc(c2O)C3)c1. The molecule has 30 nitrogen and oxygen atoms in total. The Morgan fingerprint density at radius 3 is 0.404 bits per heavy atom. The van der Waals surface area contributed by atoms with Crippen molar-refractivity contribution in [2.45, 2.75) is 38.5 Å². The number of hydrogen-bond acceptors (Lipinski definition) is 24. The van der Waals surface area contributed by atoms with E-state index in [-0.39, 0.29) is 168 Å². The Kier molecular flexibility index (Phi) is 22.1. The van der Waals surface area contributed by atoms with Crippen LogP contribution in [-0.4, -0.2) is 97.1 Å². The number of phenolic OH excluding ortho intramolecular Hbond substituents is 6. The van der Waals surface area contributed by atoms with Crippen LogP contribution >= 0.6 is 0 Å². The Hall–Kier alpha value is -16.1. The average molecular weight is 1530 g/mol. The molecule has 12 aromatic carbocycles. The van der Waals surface area contributed by atoms with E-state index >= 15 is 0 Å². The topological polar surface area (TPSA) is 494 Å². The van der Waals surface area contributed by atoms with Gasteiger partial charge in [-0.15, -0.1) is 0 Å². The number of benzene rings is 12. The van der Waals surface area contributed by atoms with Gasteiger partial charge >= 0.3 is 35.8 Å². The van der Waals surface area contributed by atoms with Crippen LogP contribution in [0.3, 0.4) is 0 Å². The van der Waals surface area contributed by atoms with E-state index in [4.69, 9.17) is 0 Å². The van der Waals surface area contributed by atoms with E-state index in [2.05, 4.69) is 61.4 Å². The molecule has 12 aromatic rings. The summed E-state index contributed by atoms with van der Waals surface area (Å²) in [7, 11) is 0. The fraction of sp³-hybridized carbons (Fsp3) is 0.0714. The largest absolute Gasteiger partial charge is 0.507 e. The van der Waals surface area contributed by atoms with E-state index in [1.807, 2.05) is 0 Å². The number of fused-ring (bicyclic) bond motifs is 12. The summed E-state index contributed by atoms with van der Waals surface area (Å²) in [5.74, 6) is -10.1. The zero-order valence-electron chi connectivity index (χ0n) is 59.2. The smallest absolute Gasteiger partial charge is 0.335 e. The number of hydrogen-bond donors (Lipinski definition) is 12. The Balaban J connectivity index is 1.07. The summed E-state index contributed by atoms with van der Waals surface area (Å²) in [5.41, 5.74) is 0.682. The summed E-state index contributed by atoms with van der Waals surface area (Å²) in [4.78, 5) is 72.7. The molecule has 1 aliphatic carbocycles. The number of aromatic carboxylic acids is 6. The van der Waals surface area contributed by atoms with Crippen LogP contribution in [0.5, 0.6) is 34.5 Å². The number of rotatable bonds is 18. The van der Waals surface area contributed by atoms with E-state index < -0.39 is 109 Å². The summed E-state index contributed by atoms with van der Waals surface area (Å²) in [6.45, 7) is 0. The van der Waals surface area contributed by atoms with Gasteiger partial charge < -0.3 is 61.3 Å². The number of carboxylic acid groups (broad SMARTS) is 6. The highest BCUT2D eigenvalue weighted by molar-refractivity contribution is 5.91. The molecule has 0 spiro atoms. The zero-order chi connectivity index (χ0) is 80.4. The summed E-state index contributed by atoms with van der Waals surface area (Å²) >= 11 is 0. The van der Waals surface area contributed by atoms with Gasteiger partial charge in [-0.2, -0.15) is 61.4 Å². The van der Waals surface area contributed by atoms with Gasteiger partial charge in [0.15, 0.2) is 0 Å². The second-order valence-corrected chi connectivity index (χ2v) is 26.1. The van der Waals surface area contributed by atoms with Crippen molar-refractivity contribution in [3.8, 4) is 34.5 Å².